The van der Waals surface area contributed by atoms with Crippen molar-refractivity contribution < 1.29 is 4.79 Å². The Morgan fingerprint density at radius 3 is 2.57 bits per heavy atom. The predicted molar refractivity (Wildman–Crippen MR) is 117 cm³/mol. The number of nitrogens with one attached hydrogen (secondary N) is 1. The third-order valence-electron chi connectivity index (χ3n) is 5.03. The fraction of sp³-hybridized carbons (Fsp3) is 0.182. The lowest BCUT2D eigenvalue weighted by Crippen LogP contribution is -2.26. The van der Waals surface area contributed by atoms with Crippen LogP contribution >= 0.6 is 11.6 Å². The molecule has 0 bridgehead atoms. The van der Waals surface area contributed by atoms with Crippen LogP contribution in [0.3, 0.4) is 0 Å². The van der Waals surface area contributed by atoms with Crippen LogP contribution in [0.4, 0.5) is 5.69 Å². The monoisotopic (exact) mass is 421 g/mol. The van der Waals surface area contributed by atoms with Crippen LogP contribution in [0.1, 0.15) is 27.4 Å². The second kappa shape index (κ2) is 7.76. The molecule has 4 aromatic rings. The highest BCUT2D eigenvalue weighted by atomic mass is 35.5. The second-order valence-electron chi connectivity index (χ2n) is 7.11. The molecule has 4 rings (SSSR count). The Kier molecular flexibility index (Phi) is 5.13. The SMILES string of the molecule is Cc1nn(Cc2ccccc2)c(C)c1NC(=O)c1nn(C)c2ccc(Cl)cc2c1=O. The highest BCUT2D eigenvalue weighted by Gasteiger charge is 2.20. The molecule has 1 amide bonds. The standard InChI is InChI=1S/C22H20ClN5O2/c1-13-19(14(2)28(25-13)12-15-7-5-4-6-8-15)24-22(30)20-21(29)17-11-16(23)9-10-18(17)27(3)26-20/h4-11H,12H2,1-3H3,(H,24,30). The van der Waals surface area contributed by atoms with Gasteiger partial charge in [-0.25, -0.2) is 0 Å². The predicted octanol–water partition coefficient (Wildman–Crippen LogP) is 3.70. The van der Waals surface area contributed by atoms with Crippen LogP contribution in [-0.4, -0.2) is 25.5 Å². The van der Waals surface area contributed by atoms with Gasteiger partial charge in [-0.1, -0.05) is 41.9 Å². The fourth-order valence-electron chi connectivity index (χ4n) is 3.46. The molecule has 0 saturated carbocycles. The molecule has 2 aromatic carbocycles. The summed E-state index contributed by atoms with van der Waals surface area (Å²) < 4.78 is 3.33. The summed E-state index contributed by atoms with van der Waals surface area (Å²) in [4.78, 5) is 25.8. The molecule has 0 atom stereocenters. The number of nitrogens with zero attached hydrogens (tertiary/aromatic N) is 4. The van der Waals surface area contributed by atoms with Gasteiger partial charge in [0.15, 0.2) is 5.69 Å². The van der Waals surface area contributed by atoms with Crippen LogP contribution in [0.2, 0.25) is 5.02 Å². The number of hydrogen-bond acceptors (Lipinski definition) is 4. The number of halogens is 1. The molecule has 2 aromatic heterocycles. The maximum absolute atomic E-state index is 12.9. The summed E-state index contributed by atoms with van der Waals surface area (Å²) in [6.07, 6.45) is 0. The van der Waals surface area contributed by atoms with E-state index >= 15 is 0 Å². The zero-order chi connectivity index (χ0) is 21.4. The molecule has 0 fully saturated rings. The van der Waals surface area contributed by atoms with Gasteiger partial charge in [-0.05, 0) is 37.6 Å². The van der Waals surface area contributed by atoms with E-state index in [1.165, 1.54) is 4.68 Å². The van der Waals surface area contributed by atoms with Crippen LogP contribution in [-0.2, 0) is 13.6 Å². The minimum atomic E-state index is -0.581. The van der Waals surface area contributed by atoms with Gasteiger partial charge in [0.05, 0.1) is 34.5 Å². The smallest absolute Gasteiger partial charge is 0.280 e. The van der Waals surface area contributed by atoms with E-state index in [9.17, 15) is 9.59 Å². The van der Waals surface area contributed by atoms with Crippen molar-refractivity contribution in [3.8, 4) is 0 Å². The normalized spacial score (nSPS) is 11.1. The Balaban J connectivity index is 1.68. The molecule has 0 unspecified atom stereocenters. The first kappa shape index (κ1) is 19.8. The molecule has 0 aliphatic heterocycles. The van der Waals surface area contributed by atoms with E-state index in [-0.39, 0.29) is 5.69 Å². The van der Waals surface area contributed by atoms with Gasteiger partial charge in [-0.3, -0.25) is 19.0 Å². The molecule has 8 heteroatoms. The Morgan fingerprint density at radius 1 is 1.10 bits per heavy atom. The summed E-state index contributed by atoms with van der Waals surface area (Å²) >= 11 is 6.04. The molecular weight excluding hydrogens is 402 g/mol. The van der Waals surface area contributed by atoms with E-state index in [4.69, 9.17) is 11.6 Å². The lowest BCUT2D eigenvalue weighted by molar-refractivity contribution is 0.101. The number of fused-ring (bicyclic) bond motifs is 1. The van der Waals surface area contributed by atoms with Crippen LogP contribution < -0.4 is 10.7 Å². The Bertz CT molecular complexity index is 1330. The van der Waals surface area contributed by atoms with Crippen molar-refractivity contribution in [2.45, 2.75) is 20.4 Å². The Hall–Kier alpha value is -3.45. The van der Waals surface area contributed by atoms with E-state index < -0.39 is 11.3 Å². The van der Waals surface area contributed by atoms with Crippen LogP contribution in [0.15, 0.2) is 53.3 Å². The highest BCUT2D eigenvalue weighted by Crippen LogP contribution is 2.21. The molecule has 1 N–H and O–H groups in total. The topological polar surface area (TPSA) is 81.8 Å². The summed E-state index contributed by atoms with van der Waals surface area (Å²) in [6, 6.07) is 14.9. The van der Waals surface area contributed by atoms with Gasteiger partial charge >= 0.3 is 0 Å². The number of rotatable bonds is 4. The quantitative estimate of drug-likeness (QED) is 0.544. The number of anilines is 1. The fourth-order valence-corrected chi connectivity index (χ4v) is 3.63. The summed E-state index contributed by atoms with van der Waals surface area (Å²) in [6.45, 7) is 4.28. The van der Waals surface area contributed by atoms with E-state index in [1.54, 1.807) is 25.2 Å². The molecule has 7 nitrogen and oxygen atoms in total. The first-order valence-corrected chi connectivity index (χ1v) is 9.79. The van der Waals surface area contributed by atoms with Crippen LogP contribution in [0.5, 0.6) is 0 Å². The summed E-state index contributed by atoms with van der Waals surface area (Å²) in [5.41, 5.74) is 3.08. The van der Waals surface area contributed by atoms with Crippen LogP contribution in [0.25, 0.3) is 10.9 Å². The third-order valence-corrected chi connectivity index (χ3v) is 5.26. The van der Waals surface area contributed by atoms with Crippen molar-refractivity contribution in [2.75, 3.05) is 5.32 Å². The number of amides is 1. The summed E-state index contributed by atoms with van der Waals surface area (Å²) in [5, 5.41) is 12.3. The van der Waals surface area contributed by atoms with E-state index in [0.717, 1.165) is 11.3 Å². The van der Waals surface area contributed by atoms with Crippen molar-refractivity contribution in [1.29, 1.82) is 0 Å². The number of carbonyl (C=O) groups excluding carboxylic acids is 1. The molecule has 0 radical (unpaired) electrons. The molecule has 30 heavy (non-hydrogen) atoms. The largest absolute Gasteiger partial charge is 0.317 e. The number of hydrogen-bond donors (Lipinski definition) is 1. The minimum Gasteiger partial charge on any atom is -0.317 e. The Morgan fingerprint density at radius 2 is 1.83 bits per heavy atom. The number of aromatic nitrogens is 4. The second-order valence-corrected chi connectivity index (χ2v) is 7.54. The lowest BCUT2D eigenvalue weighted by Gasteiger charge is -2.09. The van der Waals surface area contributed by atoms with E-state index in [0.29, 0.717) is 33.9 Å². The molecule has 0 aliphatic carbocycles. The molecule has 0 spiro atoms. The van der Waals surface area contributed by atoms with Crippen molar-refractivity contribution in [1.82, 2.24) is 19.6 Å². The summed E-state index contributed by atoms with van der Waals surface area (Å²) in [7, 11) is 1.68. The van der Waals surface area contributed by atoms with E-state index in [2.05, 4.69) is 15.5 Å². The molecule has 2 heterocycles. The lowest BCUT2D eigenvalue weighted by atomic mass is 10.2. The average molecular weight is 422 g/mol. The van der Waals surface area contributed by atoms with Gasteiger partial charge in [0.2, 0.25) is 5.43 Å². The average Bonchev–Trinajstić information content (AvgIpc) is 2.98. The first-order valence-electron chi connectivity index (χ1n) is 9.41. The molecule has 0 saturated heterocycles. The Labute approximate surface area is 177 Å². The first-order chi connectivity index (χ1) is 14.3. The van der Waals surface area contributed by atoms with Gasteiger partial charge in [0.25, 0.3) is 5.91 Å². The molecule has 152 valence electrons. The van der Waals surface area contributed by atoms with Crippen LogP contribution in [0, 0.1) is 13.8 Å². The molecular formula is C22H20ClN5O2. The van der Waals surface area contributed by atoms with E-state index in [1.807, 2.05) is 48.9 Å². The number of benzene rings is 2. The van der Waals surface area contributed by atoms with Gasteiger partial charge < -0.3 is 5.32 Å². The minimum absolute atomic E-state index is 0.193. The van der Waals surface area contributed by atoms with Gasteiger partial charge in [0.1, 0.15) is 0 Å². The number of carbonyl (C=O) groups is 1. The van der Waals surface area contributed by atoms with Crippen molar-refractivity contribution >= 4 is 34.1 Å². The van der Waals surface area contributed by atoms with Crippen molar-refractivity contribution in [2.24, 2.45) is 7.05 Å². The zero-order valence-corrected chi connectivity index (χ0v) is 17.6. The van der Waals surface area contributed by atoms with Gasteiger partial charge in [0, 0.05) is 12.1 Å². The van der Waals surface area contributed by atoms with Crippen molar-refractivity contribution in [3.05, 3.63) is 86.4 Å². The third kappa shape index (κ3) is 3.59. The highest BCUT2D eigenvalue weighted by molar-refractivity contribution is 6.31. The summed E-state index contributed by atoms with van der Waals surface area (Å²) in [5.74, 6) is -0.581. The zero-order valence-electron chi connectivity index (χ0n) is 16.8. The van der Waals surface area contributed by atoms with Gasteiger partial charge in [-0.15, -0.1) is 0 Å². The maximum atomic E-state index is 12.9. The van der Waals surface area contributed by atoms with Gasteiger partial charge in [-0.2, -0.15) is 10.2 Å². The van der Waals surface area contributed by atoms with Crippen molar-refractivity contribution in [3.63, 3.8) is 0 Å². The number of aryl methyl sites for hydroxylation is 2. The maximum Gasteiger partial charge on any atom is 0.280 e. The molecule has 0 aliphatic rings.